The van der Waals surface area contributed by atoms with Crippen molar-refractivity contribution in [2.45, 2.75) is 12.5 Å². The third-order valence-electron chi connectivity index (χ3n) is 3.38. The molecule has 1 aliphatic rings. The summed E-state index contributed by atoms with van der Waals surface area (Å²) in [4.78, 5) is 2.06. The number of nitrogens with zero attached hydrogens (tertiary/aromatic N) is 1. The first-order valence-corrected chi connectivity index (χ1v) is 6.33. The number of rotatable bonds is 4. The second-order valence-electron chi connectivity index (χ2n) is 4.61. The van der Waals surface area contributed by atoms with E-state index in [-0.39, 0.29) is 36.4 Å². The van der Waals surface area contributed by atoms with E-state index in [4.69, 9.17) is 0 Å². The summed E-state index contributed by atoms with van der Waals surface area (Å²) in [6, 6.07) is 1.28. The highest BCUT2D eigenvalue weighted by Gasteiger charge is 2.25. The summed E-state index contributed by atoms with van der Waals surface area (Å²) in [6.07, 6.45) is 2.18. The average molecular weight is 343 g/mol. The lowest BCUT2D eigenvalue weighted by Gasteiger charge is -2.35. The Morgan fingerprint density at radius 3 is 2.24 bits per heavy atom. The Morgan fingerprint density at radius 2 is 1.67 bits per heavy atom. The molecule has 0 saturated carbocycles. The number of hydrogen-bond donors (Lipinski definition) is 1. The molecule has 1 saturated heterocycles. The van der Waals surface area contributed by atoms with Crippen molar-refractivity contribution in [2.24, 2.45) is 0 Å². The van der Waals surface area contributed by atoms with Gasteiger partial charge in [-0.05, 0) is 12.5 Å². The summed E-state index contributed by atoms with van der Waals surface area (Å²) in [6.45, 7) is 6.76. The number of benzene rings is 1. The quantitative estimate of drug-likeness (QED) is 0.665. The summed E-state index contributed by atoms with van der Waals surface area (Å²) < 4.78 is 40.2. The van der Waals surface area contributed by atoms with E-state index in [2.05, 4.69) is 16.8 Å². The van der Waals surface area contributed by atoms with E-state index in [0.717, 1.165) is 32.2 Å². The maximum Gasteiger partial charge on any atom is 0.161 e. The van der Waals surface area contributed by atoms with Crippen LogP contribution in [0.5, 0.6) is 0 Å². The molecule has 0 unspecified atom stereocenters. The maximum absolute atomic E-state index is 13.9. The van der Waals surface area contributed by atoms with Crippen LogP contribution >= 0.6 is 24.8 Å². The van der Waals surface area contributed by atoms with Crippen LogP contribution in [-0.4, -0.2) is 31.1 Å². The third kappa shape index (κ3) is 4.88. The molecule has 7 heteroatoms. The minimum absolute atomic E-state index is 0. The van der Waals surface area contributed by atoms with Crippen molar-refractivity contribution < 1.29 is 13.2 Å². The topological polar surface area (TPSA) is 15.3 Å². The predicted molar refractivity (Wildman–Crippen MR) is 82.8 cm³/mol. The Bertz CT molecular complexity index is 466. The lowest BCUT2D eigenvalue weighted by atomic mass is 10.00. The molecule has 1 aliphatic heterocycles. The van der Waals surface area contributed by atoms with Crippen LogP contribution in [0.25, 0.3) is 0 Å². The highest BCUT2D eigenvalue weighted by molar-refractivity contribution is 5.85. The molecule has 120 valence electrons. The van der Waals surface area contributed by atoms with E-state index in [1.54, 1.807) is 6.08 Å². The van der Waals surface area contributed by atoms with Crippen molar-refractivity contribution in [2.75, 3.05) is 26.2 Å². The number of halogens is 5. The van der Waals surface area contributed by atoms with E-state index < -0.39 is 17.5 Å². The first-order chi connectivity index (χ1) is 9.13. The number of nitrogens with one attached hydrogen (secondary N) is 1. The maximum atomic E-state index is 13.9. The Kier molecular flexibility index (Phi) is 8.97. The van der Waals surface area contributed by atoms with Gasteiger partial charge in [-0.2, -0.15) is 0 Å². The minimum Gasteiger partial charge on any atom is -0.314 e. The summed E-state index contributed by atoms with van der Waals surface area (Å²) in [5.41, 5.74) is 0.195. The monoisotopic (exact) mass is 342 g/mol. The van der Waals surface area contributed by atoms with Gasteiger partial charge in [0.2, 0.25) is 0 Å². The molecule has 0 aliphatic carbocycles. The van der Waals surface area contributed by atoms with Crippen molar-refractivity contribution in [3.63, 3.8) is 0 Å². The fourth-order valence-electron chi connectivity index (χ4n) is 2.42. The molecule has 1 N–H and O–H groups in total. The summed E-state index contributed by atoms with van der Waals surface area (Å²) in [7, 11) is 0. The molecule has 1 heterocycles. The average Bonchev–Trinajstić information content (AvgIpc) is 2.42. The molecule has 21 heavy (non-hydrogen) atoms. The van der Waals surface area contributed by atoms with Crippen LogP contribution in [0.4, 0.5) is 13.2 Å². The molecule has 0 aromatic heterocycles. The Hall–Kier alpha value is -0.750. The zero-order chi connectivity index (χ0) is 13.8. The molecule has 0 spiro atoms. The van der Waals surface area contributed by atoms with Gasteiger partial charge < -0.3 is 5.32 Å². The van der Waals surface area contributed by atoms with Crippen molar-refractivity contribution in [3.05, 3.63) is 47.8 Å². The Labute approximate surface area is 135 Å². The highest BCUT2D eigenvalue weighted by atomic mass is 35.5. The van der Waals surface area contributed by atoms with Crippen LogP contribution in [0.1, 0.15) is 18.0 Å². The van der Waals surface area contributed by atoms with Gasteiger partial charge in [-0.1, -0.05) is 6.08 Å². The molecular weight excluding hydrogens is 324 g/mol. The van der Waals surface area contributed by atoms with E-state index in [9.17, 15) is 13.2 Å². The minimum atomic E-state index is -1.15. The van der Waals surface area contributed by atoms with Gasteiger partial charge in [0.1, 0.15) is 5.82 Å². The molecule has 1 aromatic rings. The van der Waals surface area contributed by atoms with Crippen LogP contribution < -0.4 is 5.32 Å². The second-order valence-corrected chi connectivity index (χ2v) is 4.61. The fourth-order valence-corrected chi connectivity index (χ4v) is 2.42. The van der Waals surface area contributed by atoms with Crippen molar-refractivity contribution in [1.82, 2.24) is 10.2 Å². The molecule has 2 rings (SSSR count). The van der Waals surface area contributed by atoms with Gasteiger partial charge in [0.15, 0.2) is 11.6 Å². The zero-order valence-corrected chi connectivity index (χ0v) is 13.1. The van der Waals surface area contributed by atoms with Gasteiger partial charge in [0.05, 0.1) is 0 Å². The van der Waals surface area contributed by atoms with Crippen molar-refractivity contribution >= 4 is 24.8 Å². The fraction of sp³-hybridized carbons (Fsp3) is 0.429. The van der Waals surface area contributed by atoms with Crippen LogP contribution in [0.2, 0.25) is 0 Å². The zero-order valence-electron chi connectivity index (χ0n) is 11.4. The first kappa shape index (κ1) is 20.2. The van der Waals surface area contributed by atoms with E-state index in [0.29, 0.717) is 12.5 Å². The van der Waals surface area contributed by atoms with Crippen LogP contribution in [0.3, 0.4) is 0 Å². The number of piperazine rings is 1. The molecular formula is C14H19Cl2F3N2. The van der Waals surface area contributed by atoms with Gasteiger partial charge in [-0.25, -0.2) is 13.2 Å². The van der Waals surface area contributed by atoms with Gasteiger partial charge >= 0.3 is 0 Å². The molecule has 0 bridgehead atoms. The second kappa shape index (κ2) is 9.30. The van der Waals surface area contributed by atoms with E-state index >= 15 is 0 Å². The molecule has 0 amide bonds. The molecule has 0 radical (unpaired) electrons. The molecule has 2 nitrogen and oxygen atoms in total. The van der Waals surface area contributed by atoms with Crippen LogP contribution in [-0.2, 0) is 0 Å². The smallest absolute Gasteiger partial charge is 0.161 e. The van der Waals surface area contributed by atoms with Crippen molar-refractivity contribution in [3.8, 4) is 0 Å². The first-order valence-electron chi connectivity index (χ1n) is 6.33. The summed E-state index contributed by atoms with van der Waals surface area (Å²) in [5, 5.41) is 3.20. The Balaban J connectivity index is 0.00000200. The third-order valence-corrected chi connectivity index (χ3v) is 3.38. The van der Waals surface area contributed by atoms with E-state index in [1.807, 2.05) is 0 Å². The summed E-state index contributed by atoms with van der Waals surface area (Å²) >= 11 is 0. The lowest BCUT2D eigenvalue weighted by molar-refractivity contribution is 0.171. The van der Waals surface area contributed by atoms with E-state index in [1.165, 1.54) is 0 Å². The van der Waals surface area contributed by atoms with Crippen LogP contribution in [0, 0.1) is 17.5 Å². The van der Waals surface area contributed by atoms with Gasteiger partial charge in [0.25, 0.3) is 0 Å². The van der Waals surface area contributed by atoms with Gasteiger partial charge in [-0.15, -0.1) is 31.4 Å². The molecule has 1 aromatic carbocycles. The summed E-state index contributed by atoms with van der Waals surface area (Å²) in [5.74, 6) is -2.87. The standard InChI is InChI=1S/C14H17F3N2.2ClH/c1-2-3-14(19-6-4-18-5-7-19)10-8-12(16)13(17)9-11(10)15;;/h2,8-9,14,18H,1,3-7H2;2*1H/t14-;;/m0../s1. The SMILES string of the molecule is C=CC[C@@H](c1cc(F)c(F)cc1F)N1CCNCC1.Cl.Cl. The predicted octanol–water partition coefficient (Wildman–Crippen LogP) is 3.47. The van der Waals surface area contributed by atoms with Crippen LogP contribution in [0.15, 0.2) is 24.8 Å². The molecule has 1 fully saturated rings. The normalized spacial score (nSPS) is 16.5. The lowest BCUT2D eigenvalue weighted by Crippen LogP contribution is -2.45. The highest BCUT2D eigenvalue weighted by Crippen LogP contribution is 2.28. The molecule has 1 atom stereocenters. The number of hydrogen-bond acceptors (Lipinski definition) is 2. The van der Waals surface area contributed by atoms with Gasteiger partial charge in [-0.3, -0.25) is 4.90 Å². The largest absolute Gasteiger partial charge is 0.314 e. The Morgan fingerprint density at radius 1 is 1.10 bits per heavy atom. The van der Waals surface area contributed by atoms with Gasteiger partial charge in [0, 0.05) is 43.9 Å². The van der Waals surface area contributed by atoms with Crippen molar-refractivity contribution in [1.29, 1.82) is 0 Å².